The van der Waals surface area contributed by atoms with E-state index in [0.29, 0.717) is 32.8 Å². The lowest BCUT2D eigenvalue weighted by Gasteiger charge is -2.30. The molecule has 0 spiro atoms. The average Bonchev–Trinajstić information content (AvgIpc) is 2.65. The lowest BCUT2D eigenvalue weighted by molar-refractivity contribution is 0.0697. The van der Waals surface area contributed by atoms with Crippen LogP contribution >= 0.6 is 23.2 Å². The smallest absolute Gasteiger partial charge is 0.255 e. The third kappa shape index (κ3) is 4.37. The molecule has 1 fully saturated rings. The van der Waals surface area contributed by atoms with E-state index < -0.39 is 0 Å². The maximum absolute atomic E-state index is 12.7. The van der Waals surface area contributed by atoms with Gasteiger partial charge in [-0.15, -0.1) is 0 Å². The molecule has 1 N–H and O–H groups in total. The molecule has 0 saturated carbocycles. The summed E-state index contributed by atoms with van der Waals surface area (Å²) in [7, 11) is 0. The first-order chi connectivity index (χ1) is 12.4. The highest BCUT2D eigenvalue weighted by molar-refractivity contribution is 6.42. The average molecular weight is 391 g/mol. The Morgan fingerprint density at radius 1 is 1.00 bits per heavy atom. The van der Waals surface area contributed by atoms with Crippen LogP contribution in [0.25, 0.3) is 0 Å². The molecule has 0 atom stereocenters. The number of amides is 2. The third-order valence-corrected chi connectivity index (χ3v) is 5.36. The zero-order chi connectivity index (χ0) is 18.7. The van der Waals surface area contributed by atoms with E-state index in [1.54, 1.807) is 42.5 Å². The molecule has 1 aliphatic heterocycles. The molecule has 6 heteroatoms. The second-order valence-electron chi connectivity index (χ2n) is 6.64. The predicted molar refractivity (Wildman–Crippen MR) is 105 cm³/mol. The molecule has 2 aromatic carbocycles. The van der Waals surface area contributed by atoms with Gasteiger partial charge in [-0.2, -0.15) is 0 Å². The molecular formula is C20H20Cl2N2O2. The highest BCUT2D eigenvalue weighted by Crippen LogP contribution is 2.25. The number of piperidine rings is 1. The molecule has 2 aromatic rings. The molecule has 2 amide bonds. The van der Waals surface area contributed by atoms with Gasteiger partial charge in [-0.1, -0.05) is 36.2 Å². The number of carbonyl (C=O) groups excluding carboxylic acids is 2. The molecule has 3 rings (SSSR count). The fraction of sp³-hybridized carbons (Fsp3) is 0.300. The number of hydrogen-bond acceptors (Lipinski definition) is 2. The molecule has 136 valence electrons. The van der Waals surface area contributed by atoms with Crippen molar-refractivity contribution >= 4 is 40.7 Å². The van der Waals surface area contributed by atoms with E-state index in [2.05, 4.69) is 12.2 Å². The Bertz CT molecular complexity index is 830. The summed E-state index contributed by atoms with van der Waals surface area (Å²) in [5.41, 5.74) is 1.50. The Labute approximate surface area is 163 Å². The molecular weight excluding hydrogens is 371 g/mol. The number of halogens is 2. The van der Waals surface area contributed by atoms with Crippen LogP contribution in [0, 0.1) is 5.92 Å². The van der Waals surface area contributed by atoms with Crippen molar-refractivity contribution in [2.24, 2.45) is 5.92 Å². The molecule has 4 nitrogen and oxygen atoms in total. The first kappa shape index (κ1) is 18.7. The second kappa shape index (κ2) is 8.11. The minimum absolute atomic E-state index is 0.0268. The Morgan fingerprint density at radius 3 is 2.38 bits per heavy atom. The minimum atomic E-state index is -0.301. The normalized spacial score (nSPS) is 15.0. The van der Waals surface area contributed by atoms with Gasteiger partial charge in [0, 0.05) is 29.9 Å². The van der Waals surface area contributed by atoms with Gasteiger partial charge < -0.3 is 10.2 Å². The molecule has 0 aromatic heterocycles. The highest BCUT2D eigenvalue weighted by Gasteiger charge is 2.22. The van der Waals surface area contributed by atoms with E-state index in [0.717, 1.165) is 25.9 Å². The van der Waals surface area contributed by atoms with Gasteiger partial charge in [-0.05, 0) is 55.2 Å². The van der Waals surface area contributed by atoms with Crippen LogP contribution in [0.2, 0.25) is 10.0 Å². The third-order valence-electron chi connectivity index (χ3n) is 4.62. The summed E-state index contributed by atoms with van der Waals surface area (Å²) < 4.78 is 0. The number of likely N-dealkylation sites (tertiary alicyclic amines) is 1. The summed E-state index contributed by atoms with van der Waals surface area (Å²) in [5.74, 6) is 0.328. The zero-order valence-electron chi connectivity index (χ0n) is 14.5. The van der Waals surface area contributed by atoms with E-state index in [9.17, 15) is 9.59 Å². The van der Waals surface area contributed by atoms with Gasteiger partial charge in [-0.25, -0.2) is 0 Å². The maximum Gasteiger partial charge on any atom is 0.255 e. The minimum Gasteiger partial charge on any atom is -0.339 e. The van der Waals surface area contributed by atoms with Crippen molar-refractivity contribution < 1.29 is 9.59 Å². The molecule has 1 aliphatic rings. The largest absolute Gasteiger partial charge is 0.339 e. The van der Waals surface area contributed by atoms with E-state index in [4.69, 9.17) is 23.2 Å². The molecule has 0 unspecified atom stereocenters. The number of hydrogen-bond donors (Lipinski definition) is 1. The van der Waals surface area contributed by atoms with Crippen LogP contribution < -0.4 is 5.32 Å². The number of nitrogens with zero attached hydrogens (tertiary/aromatic N) is 1. The van der Waals surface area contributed by atoms with Gasteiger partial charge in [-0.3, -0.25) is 9.59 Å². The van der Waals surface area contributed by atoms with Gasteiger partial charge in [0.1, 0.15) is 0 Å². The number of carbonyl (C=O) groups is 2. The summed E-state index contributed by atoms with van der Waals surface area (Å²) in [4.78, 5) is 27.0. The number of rotatable bonds is 3. The lowest BCUT2D eigenvalue weighted by Crippen LogP contribution is -2.38. The van der Waals surface area contributed by atoms with Crippen LogP contribution in [0.1, 0.15) is 40.5 Å². The summed E-state index contributed by atoms with van der Waals surface area (Å²) in [6.07, 6.45) is 2.03. The van der Waals surface area contributed by atoms with Crippen LogP contribution in [0.15, 0.2) is 42.5 Å². The fourth-order valence-electron chi connectivity index (χ4n) is 2.96. The van der Waals surface area contributed by atoms with Crippen molar-refractivity contribution in [3.05, 3.63) is 63.6 Å². The van der Waals surface area contributed by atoms with Crippen molar-refractivity contribution in [2.75, 3.05) is 18.4 Å². The van der Waals surface area contributed by atoms with Crippen molar-refractivity contribution in [3.8, 4) is 0 Å². The van der Waals surface area contributed by atoms with Gasteiger partial charge in [0.25, 0.3) is 11.8 Å². The van der Waals surface area contributed by atoms with Crippen molar-refractivity contribution in [2.45, 2.75) is 19.8 Å². The van der Waals surface area contributed by atoms with Gasteiger partial charge in [0.05, 0.1) is 10.0 Å². The summed E-state index contributed by atoms with van der Waals surface area (Å²) in [5, 5.41) is 3.56. The van der Waals surface area contributed by atoms with E-state index in [1.165, 1.54) is 0 Å². The maximum atomic E-state index is 12.7. The second-order valence-corrected chi connectivity index (χ2v) is 7.45. The lowest BCUT2D eigenvalue weighted by atomic mass is 9.98. The standard InChI is InChI=1S/C20H20Cl2N2O2/c1-13-7-9-24(10-8-13)20(26)15-4-2-3-14(11-15)19(25)23-16-5-6-17(21)18(22)12-16/h2-6,11-13H,7-10H2,1H3,(H,23,25). The van der Waals surface area contributed by atoms with E-state index >= 15 is 0 Å². The molecule has 1 saturated heterocycles. The summed E-state index contributed by atoms with van der Waals surface area (Å²) in [6, 6.07) is 11.7. The predicted octanol–water partition coefficient (Wildman–Crippen LogP) is 5.12. The topological polar surface area (TPSA) is 49.4 Å². The van der Waals surface area contributed by atoms with Crippen LogP contribution in [-0.4, -0.2) is 29.8 Å². The Hall–Kier alpha value is -2.04. The van der Waals surface area contributed by atoms with Crippen LogP contribution in [-0.2, 0) is 0 Å². The van der Waals surface area contributed by atoms with E-state index in [-0.39, 0.29) is 11.8 Å². The first-order valence-electron chi connectivity index (χ1n) is 8.60. The van der Waals surface area contributed by atoms with E-state index in [1.807, 2.05) is 4.90 Å². The quantitative estimate of drug-likeness (QED) is 0.790. The Kier molecular flexibility index (Phi) is 5.84. The monoisotopic (exact) mass is 390 g/mol. The van der Waals surface area contributed by atoms with Crippen LogP contribution in [0.3, 0.4) is 0 Å². The zero-order valence-corrected chi connectivity index (χ0v) is 16.0. The number of benzene rings is 2. The van der Waals surface area contributed by atoms with Crippen molar-refractivity contribution in [1.82, 2.24) is 4.90 Å². The summed E-state index contributed by atoms with van der Waals surface area (Å²) in [6.45, 7) is 3.73. The summed E-state index contributed by atoms with van der Waals surface area (Å²) >= 11 is 11.9. The van der Waals surface area contributed by atoms with Crippen molar-refractivity contribution in [1.29, 1.82) is 0 Å². The Balaban J connectivity index is 1.72. The molecule has 0 radical (unpaired) electrons. The fourth-order valence-corrected chi connectivity index (χ4v) is 3.26. The Morgan fingerprint density at radius 2 is 1.69 bits per heavy atom. The molecule has 1 heterocycles. The molecule has 0 aliphatic carbocycles. The first-order valence-corrected chi connectivity index (χ1v) is 9.35. The van der Waals surface area contributed by atoms with Crippen molar-refractivity contribution in [3.63, 3.8) is 0 Å². The van der Waals surface area contributed by atoms with Crippen LogP contribution in [0.5, 0.6) is 0 Å². The molecule has 26 heavy (non-hydrogen) atoms. The highest BCUT2D eigenvalue weighted by atomic mass is 35.5. The SMILES string of the molecule is CC1CCN(C(=O)c2cccc(C(=O)Nc3ccc(Cl)c(Cl)c3)c2)CC1. The van der Waals surface area contributed by atoms with Gasteiger partial charge in [0.2, 0.25) is 0 Å². The van der Waals surface area contributed by atoms with Crippen LogP contribution in [0.4, 0.5) is 5.69 Å². The number of anilines is 1. The van der Waals surface area contributed by atoms with Gasteiger partial charge >= 0.3 is 0 Å². The number of nitrogens with one attached hydrogen (secondary N) is 1. The molecule has 0 bridgehead atoms. The van der Waals surface area contributed by atoms with Gasteiger partial charge in [0.15, 0.2) is 0 Å².